The van der Waals surface area contributed by atoms with E-state index in [9.17, 15) is 9.59 Å². The predicted molar refractivity (Wildman–Crippen MR) is 54.9 cm³/mol. The fourth-order valence-corrected chi connectivity index (χ4v) is 1.62. The molecule has 0 radical (unpaired) electrons. The normalized spacial score (nSPS) is 10.5. The van der Waals surface area contributed by atoms with Gasteiger partial charge in [0.15, 0.2) is 0 Å². The maximum Gasteiger partial charge on any atom is 0.378 e. The number of fused-ring (bicyclic) bond motifs is 1. The highest BCUT2D eigenvalue weighted by atomic mass is 16.4. The molecule has 0 aliphatic carbocycles. The number of ketones is 1. The Bertz CT molecular complexity index is 554. The number of nitrogens with zero attached hydrogens (tertiary/aromatic N) is 1. The summed E-state index contributed by atoms with van der Waals surface area (Å²) in [6.07, 6.45) is 0. The molecule has 0 saturated carbocycles. The topological polar surface area (TPSA) is 59.3 Å². The standard InChI is InChI=1S/C11H9NO3/c1-12-8-5-3-2-4-7(8)6-9(12)10(13)11(14)15/h2-6H,1H3,(H,14,15). The zero-order valence-electron chi connectivity index (χ0n) is 8.10. The van der Waals surface area contributed by atoms with Gasteiger partial charge in [0.2, 0.25) is 0 Å². The molecule has 1 heterocycles. The van der Waals surface area contributed by atoms with Crippen LogP contribution in [0.15, 0.2) is 30.3 Å². The molecule has 1 aromatic heterocycles. The van der Waals surface area contributed by atoms with E-state index in [1.807, 2.05) is 24.3 Å². The Hall–Kier alpha value is -2.10. The molecule has 15 heavy (non-hydrogen) atoms. The van der Waals surface area contributed by atoms with Crippen molar-refractivity contribution in [2.45, 2.75) is 0 Å². The summed E-state index contributed by atoms with van der Waals surface area (Å²) in [6.45, 7) is 0. The van der Waals surface area contributed by atoms with E-state index in [2.05, 4.69) is 0 Å². The monoisotopic (exact) mass is 203 g/mol. The van der Waals surface area contributed by atoms with Crippen LogP contribution >= 0.6 is 0 Å². The van der Waals surface area contributed by atoms with Gasteiger partial charge in [0, 0.05) is 18.0 Å². The predicted octanol–water partition coefficient (Wildman–Crippen LogP) is 1.45. The van der Waals surface area contributed by atoms with Gasteiger partial charge in [0.1, 0.15) is 0 Å². The Labute approximate surface area is 85.7 Å². The van der Waals surface area contributed by atoms with Crippen molar-refractivity contribution in [3.05, 3.63) is 36.0 Å². The molecular formula is C11H9NO3. The van der Waals surface area contributed by atoms with Crippen molar-refractivity contribution in [3.8, 4) is 0 Å². The van der Waals surface area contributed by atoms with E-state index < -0.39 is 11.8 Å². The van der Waals surface area contributed by atoms with E-state index in [1.165, 1.54) is 0 Å². The number of carbonyl (C=O) groups is 2. The minimum Gasteiger partial charge on any atom is -0.475 e. The van der Waals surface area contributed by atoms with Gasteiger partial charge in [-0.05, 0) is 12.1 Å². The molecule has 0 unspecified atom stereocenters. The van der Waals surface area contributed by atoms with Crippen molar-refractivity contribution in [2.75, 3.05) is 0 Å². The van der Waals surface area contributed by atoms with E-state index in [1.54, 1.807) is 17.7 Å². The highest BCUT2D eigenvalue weighted by molar-refractivity contribution is 6.39. The Balaban J connectivity index is 2.68. The van der Waals surface area contributed by atoms with Crippen LogP contribution in [0.25, 0.3) is 10.9 Å². The second-order valence-electron chi connectivity index (χ2n) is 3.28. The molecule has 2 aromatic rings. The highest BCUT2D eigenvalue weighted by Gasteiger charge is 2.19. The maximum absolute atomic E-state index is 11.3. The number of hydrogen-bond donors (Lipinski definition) is 1. The number of para-hydroxylation sites is 1. The van der Waals surface area contributed by atoms with Crippen molar-refractivity contribution >= 4 is 22.7 Å². The molecule has 0 aliphatic rings. The molecule has 0 saturated heterocycles. The molecule has 0 atom stereocenters. The van der Waals surface area contributed by atoms with Crippen molar-refractivity contribution in [3.63, 3.8) is 0 Å². The second kappa shape index (κ2) is 3.24. The van der Waals surface area contributed by atoms with Gasteiger partial charge in [0.05, 0.1) is 5.69 Å². The molecule has 1 aromatic carbocycles. The smallest absolute Gasteiger partial charge is 0.378 e. The summed E-state index contributed by atoms with van der Waals surface area (Å²) >= 11 is 0. The molecule has 4 heteroatoms. The number of carboxylic acids is 1. The van der Waals surface area contributed by atoms with Crippen molar-refractivity contribution < 1.29 is 14.7 Å². The number of hydrogen-bond acceptors (Lipinski definition) is 2. The summed E-state index contributed by atoms with van der Waals surface area (Å²) in [5.74, 6) is -2.31. The van der Waals surface area contributed by atoms with Crippen molar-refractivity contribution in [1.82, 2.24) is 4.57 Å². The minimum absolute atomic E-state index is 0.198. The summed E-state index contributed by atoms with van der Waals surface area (Å²) in [5, 5.41) is 9.49. The van der Waals surface area contributed by atoms with Gasteiger partial charge in [-0.25, -0.2) is 4.79 Å². The minimum atomic E-state index is -1.43. The first kappa shape index (κ1) is 9.45. The third-order valence-corrected chi connectivity index (χ3v) is 2.38. The quantitative estimate of drug-likeness (QED) is 0.593. The van der Waals surface area contributed by atoms with E-state index in [-0.39, 0.29) is 5.69 Å². The molecule has 0 amide bonds. The van der Waals surface area contributed by atoms with Gasteiger partial charge in [-0.3, -0.25) is 4.79 Å². The molecule has 0 aliphatic heterocycles. The number of Topliss-reactive ketones (excluding diaryl/α,β-unsaturated/α-hetero) is 1. The van der Waals surface area contributed by atoms with Crippen LogP contribution in [0.2, 0.25) is 0 Å². The van der Waals surface area contributed by atoms with Gasteiger partial charge in [-0.2, -0.15) is 0 Å². The lowest BCUT2D eigenvalue weighted by molar-refractivity contribution is -0.131. The zero-order valence-corrected chi connectivity index (χ0v) is 8.10. The van der Waals surface area contributed by atoms with Gasteiger partial charge in [-0.15, -0.1) is 0 Å². The van der Waals surface area contributed by atoms with Crippen LogP contribution in [-0.4, -0.2) is 21.4 Å². The van der Waals surface area contributed by atoms with Crippen LogP contribution in [0.1, 0.15) is 10.5 Å². The Morgan fingerprint density at radius 2 is 1.93 bits per heavy atom. The molecule has 2 rings (SSSR count). The third kappa shape index (κ3) is 1.40. The number of benzene rings is 1. The second-order valence-corrected chi connectivity index (χ2v) is 3.28. The van der Waals surface area contributed by atoms with E-state index >= 15 is 0 Å². The third-order valence-electron chi connectivity index (χ3n) is 2.38. The fourth-order valence-electron chi connectivity index (χ4n) is 1.62. The van der Waals surface area contributed by atoms with Crippen molar-refractivity contribution in [2.24, 2.45) is 7.05 Å². The molecule has 1 N–H and O–H groups in total. The van der Waals surface area contributed by atoms with Gasteiger partial charge < -0.3 is 9.67 Å². The Morgan fingerprint density at radius 3 is 2.53 bits per heavy atom. The van der Waals surface area contributed by atoms with Gasteiger partial charge in [0.25, 0.3) is 5.78 Å². The van der Waals surface area contributed by atoms with Gasteiger partial charge >= 0.3 is 5.97 Å². The molecular weight excluding hydrogens is 194 g/mol. The zero-order chi connectivity index (χ0) is 11.0. The first-order valence-corrected chi connectivity index (χ1v) is 4.43. The molecule has 0 fully saturated rings. The molecule has 4 nitrogen and oxygen atoms in total. The lowest BCUT2D eigenvalue weighted by Crippen LogP contribution is -2.15. The molecule has 0 spiro atoms. The largest absolute Gasteiger partial charge is 0.475 e. The Kier molecular flexibility index (Phi) is 2.04. The summed E-state index contributed by atoms with van der Waals surface area (Å²) in [7, 11) is 1.68. The molecule has 76 valence electrons. The maximum atomic E-state index is 11.3. The number of carboxylic acid groups (broad SMARTS) is 1. The summed E-state index contributed by atoms with van der Waals surface area (Å²) in [4.78, 5) is 21.9. The molecule has 0 bridgehead atoms. The SMILES string of the molecule is Cn1c(C(=O)C(=O)O)cc2ccccc21. The average molecular weight is 203 g/mol. The van der Waals surface area contributed by atoms with E-state index in [0.717, 1.165) is 10.9 Å². The van der Waals surface area contributed by atoms with Crippen molar-refractivity contribution in [1.29, 1.82) is 0 Å². The van der Waals surface area contributed by atoms with E-state index in [0.29, 0.717) is 0 Å². The lowest BCUT2D eigenvalue weighted by atomic mass is 10.2. The number of aromatic nitrogens is 1. The highest BCUT2D eigenvalue weighted by Crippen LogP contribution is 2.18. The van der Waals surface area contributed by atoms with Crippen LogP contribution in [0, 0.1) is 0 Å². The summed E-state index contributed by atoms with van der Waals surface area (Å²) in [5.41, 5.74) is 1.05. The van der Waals surface area contributed by atoms with Crippen LogP contribution in [0.5, 0.6) is 0 Å². The summed E-state index contributed by atoms with van der Waals surface area (Å²) in [6, 6.07) is 8.96. The summed E-state index contributed by atoms with van der Waals surface area (Å²) < 4.78 is 1.59. The first-order chi connectivity index (χ1) is 7.11. The van der Waals surface area contributed by atoms with E-state index in [4.69, 9.17) is 5.11 Å². The first-order valence-electron chi connectivity index (χ1n) is 4.43. The lowest BCUT2D eigenvalue weighted by Gasteiger charge is -1.99. The Morgan fingerprint density at radius 1 is 1.27 bits per heavy atom. The van der Waals surface area contributed by atoms with Gasteiger partial charge in [-0.1, -0.05) is 18.2 Å². The van der Waals surface area contributed by atoms with Crippen LogP contribution in [-0.2, 0) is 11.8 Å². The van der Waals surface area contributed by atoms with Crippen LogP contribution in [0.3, 0.4) is 0 Å². The number of aliphatic carboxylic acids is 1. The van der Waals surface area contributed by atoms with Crippen LogP contribution < -0.4 is 0 Å². The number of rotatable bonds is 2. The number of aryl methyl sites for hydroxylation is 1. The number of carbonyl (C=O) groups excluding carboxylic acids is 1. The fraction of sp³-hybridized carbons (Fsp3) is 0.0909. The average Bonchev–Trinajstić information content (AvgIpc) is 2.56. The van der Waals surface area contributed by atoms with Crippen LogP contribution in [0.4, 0.5) is 0 Å².